The molecule has 1 aliphatic rings. The second-order valence-electron chi connectivity index (χ2n) is 4.58. The zero-order chi connectivity index (χ0) is 13.3. The molecule has 100 valence electrons. The van der Waals surface area contributed by atoms with Crippen LogP contribution in [0.15, 0.2) is 17.2 Å². The summed E-state index contributed by atoms with van der Waals surface area (Å²) >= 11 is 5.92. The molecular weight excluding hydrogens is 274 g/mol. The van der Waals surface area contributed by atoms with Crippen LogP contribution < -0.4 is 10.0 Å². The van der Waals surface area contributed by atoms with Gasteiger partial charge in [0.2, 0.25) is 10.0 Å². The molecule has 0 aromatic carbocycles. The third-order valence-electron chi connectivity index (χ3n) is 3.17. The summed E-state index contributed by atoms with van der Waals surface area (Å²) in [6.45, 7) is 2.59. The predicted molar refractivity (Wildman–Crippen MR) is 71.3 cm³/mol. The molecule has 0 saturated heterocycles. The molecular formula is C11H16ClN3O2S. The Balaban J connectivity index is 2.11. The van der Waals surface area contributed by atoms with Crippen LogP contribution in [0.3, 0.4) is 0 Å². The van der Waals surface area contributed by atoms with E-state index in [1.54, 1.807) is 7.05 Å². The average Bonchev–Trinajstić information content (AvgIpc) is 3.03. The van der Waals surface area contributed by atoms with Crippen molar-refractivity contribution >= 4 is 27.4 Å². The van der Waals surface area contributed by atoms with E-state index in [0.717, 1.165) is 6.42 Å². The third-order valence-corrected chi connectivity index (χ3v) is 4.85. The average molecular weight is 290 g/mol. The zero-order valence-electron chi connectivity index (χ0n) is 10.3. The summed E-state index contributed by atoms with van der Waals surface area (Å²) < 4.78 is 26.6. The normalized spacial score (nSPS) is 22.8. The smallest absolute Gasteiger partial charge is 0.242 e. The highest BCUT2D eigenvalue weighted by Crippen LogP contribution is 2.37. The van der Waals surface area contributed by atoms with Crippen molar-refractivity contribution in [3.63, 3.8) is 0 Å². The Kier molecular flexibility index (Phi) is 3.79. The zero-order valence-corrected chi connectivity index (χ0v) is 11.8. The molecule has 0 bridgehead atoms. The van der Waals surface area contributed by atoms with E-state index in [1.165, 1.54) is 12.3 Å². The number of rotatable bonds is 5. The largest absolute Gasteiger partial charge is 0.372 e. The van der Waals surface area contributed by atoms with Crippen LogP contribution >= 0.6 is 11.6 Å². The number of hydrogen-bond donors (Lipinski definition) is 2. The van der Waals surface area contributed by atoms with Gasteiger partial charge in [-0.2, -0.15) is 0 Å². The lowest BCUT2D eigenvalue weighted by Gasteiger charge is -2.08. The first-order valence-corrected chi connectivity index (χ1v) is 7.63. The Morgan fingerprint density at radius 3 is 2.72 bits per heavy atom. The topological polar surface area (TPSA) is 71.1 Å². The van der Waals surface area contributed by atoms with Crippen molar-refractivity contribution in [2.45, 2.75) is 18.2 Å². The van der Waals surface area contributed by atoms with Gasteiger partial charge in [0, 0.05) is 19.8 Å². The minimum Gasteiger partial charge on any atom is -0.372 e. The van der Waals surface area contributed by atoms with Gasteiger partial charge in [-0.1, -0.05) is 18.5 Å². The van der Waals surface area contributed by atoms with Crippen molar-refractivity contribution in [2.24, 2.45) is 11.8 Å². The van der Waals surface area contributed by atoms with E-state index in [2.05, 4.69) is 21.9 Å². The first kappa shape index (κ1) is 13.6. The highest BCUT2D eigenvalue weighted by atomic mass is 35.5. The van der Waals surface area contributed by atoms with Crippen molar-refractivity contribution in [2.75, 3.05) is 18.9 Å². The lowest BCUT2D eigenvalue weighted by atomic mass is 10.3. The highest BCUT2D eigenvalue weighted by molar-refractivity contribution is 7.89. The second kappa shape index (κ2) is 5.03. The molecule has 0 spiro atoms. The molecule has 1 heterocycles. The molecule has 1 aliphatic carbocycles. The van der Waals surface area contributed by atoms with Crippen LogP contribution in [0.5, 0.6) is 0 Å². The van der Waals surface area contributed by atoms with Crippen LogP contribution in [0, 0.1) is 11.8 Å². The minimum atomic E-state index is -3.51. The van der Waals surface area contributed by atoms with Crippen molar-refractivity contribution < 1.29 is 8.42 Å². The van der Waals surface area contributed by atoms with Gasteiger partial charge in [0.15, 0.2) is 0 Å². The van der Waals surface area contributed by atoms with Gasteiger partial charge in [-0.3, -0.25) is 0 Å². The van der Waals surface area contributed by atoms with Gasteiger partial charge in [0.1, 0.15) is 10.7 Å². The molecule has 18 heavy (non-hydrogen) atoms. The lowest BCUT2D eigenvalue weighted by molar-refractivity contribution is 0.574. The molecule has 0 amide bonds. The van der Waals surface area contributed by atoms with Crippen LogP contribution in [0.1, 0.15) is 13.3 Å². The maximum absolute atomic E-state index is 12.0. The van der Waals surface area contributed by atoms with E-state index >= 15 is 0 Å². The molecule has 2 N–H and O–H groups in total. The number of anilines is 1. The summed E-state index contributed by atoms with van der Waals surface area (Å²) in [5.41, 5.74) is 0. The maximum atomic E-state index is 12.0. The van der Waals surface area contributed by atoms with Gasteiger partial charge in [0.25, 0.3) is 0 Å². The molecule has 7 heteroatoms. The Hall–Kier alpha value is -0.850. The van der Waals surface area contributed by atoms with E-state index < -0.39 is 10.0 Å². The molecule has 1 saturated carbocycles. The number of aromatic nitrogens is 1. The first-order chi connectivity index (χ1) is 8.44. The van der Waals surface area contributed by atoms with E-state index in [1.807, 2.05) is 0 Å². The number of halogens is 1. The fourth-order valence-electron chi connectivity index (χ4n) is 1.73. The molecule has 1 fully saturated rings. The molecule has 1 aromatic rings. The van der Waals surface area contributed by atoms with Crippen LogP contribution in [-0.4, -0.2) is 27.0 Å². The number of nitrogens with one attached hydrogen (secondary N) is 2. The monoisotopic (exact) mass is 289 g/mol. The summed E-state index contributed by atoms with van der Waals surface area (Å²) in [5, 5.41) is 3.07. The summed E-state index contributed by atoms with van der Waals surface area (Å²) in [6.07, 6.45) is 2.39. The lowest BCUT2D eigenvalue weighted by Crippen LogP contribution is -2.26. The van der Waals surface area contributed by atoms with E-state index in [0.29, 0.717) is 29.2 Å². The summed E-state index contributed by atoms with van der Waals surface area (Å²) in [7, 11) is -1.84. The van der Waals surface area contributed by atoms with E-state index in [9.17, 15) is 8.42 Å². The Morgan fingerprint density at radius 1 is 1.56 bits per heavy atom. The maximum Gasteiger partial charge on any atom is 0.242 e. The molecule has 2 atom stereocenters. The van der Waals surface area contributed by atoms with Crippen LogP contribution in [0.25, 0.3) is 0 Å². The van der Waals surface area contributed by atoms with Gasteiger partial charge in [-0.05, 0) is 24.3 Å². The Labute approximate surface area is 112 Å². The second-order valence-corrected chi connectivity index (χ2v) is 6.75. The van der Waals surface area contributed by atoms with Crippen molar-refractivity contribution in [3.05, 3.63) is 17.3 Å². The Morgan fingerprint density at radius 2 is 2.22 bits per heavy atom. The van der Waals surface area contributed by atoms with Gasteiger partial charge in [-0.25, -0.2) is 18.1 Å². The fraction of sp³-hybridized carbons (Fsp3) is 0.545. The van der Waals surface area contributed by atoms with E-state index in [-0.39, 0.29) is 4.90 Å². The molecule has 2 rings (SSSR count). The quantitative estimate of drug-likeness (QED) is 0.866. The SMILES string of the molecule is CNc1ncc(S(=O)(=O)NCC2CC2C)cc1Cl. The molecule has 5 nitrogen and oxygen atoms in total. The van der Waals surface area contributed by atoms with Crippen LogP contribution in [0.2, 0.25) is 5.02 Å². The summed E-state index contributed by atoms with van der Waals surface area (Å²) in [6, 6.07) is 1.40. The number of hydrogen-bond acceptors (Lipinski definition) is 4. The Bertz CT molecular complexity index is 547. The standard InChI is InChI=1S/C11H16ClN3O2S/c1-7-3-8(7)5-15-18(16,17)9-4-10(12)11(13-2)14-6-9/h4,6-8,15H,3,5H2,1-2H3,(H,13,14). The summed E-state index contributed by atoms with van der Waals surface area (Å²) in [4.78, 5) is 4.06. The van der Waals surface area contributed by atoms with Gasteiger partial charge in [-0.15, -0.1) is 0 Å². The van der Waals surface area contributed by atoms with Gasteiger partial charge < -0.3 is 5.32 Å². The third kappa shape index (κ3) is 2.93. The van der Waals surface area contributed by atoms with Gasteiger partial charge in [0.05, 0.1) is 5.02 Å². The number of sulfonamides is 1. The van der Waals surface area contributed by atoms with Crippen molar-refractivity contribution in [1.82, 2.24) is 9.71 Å². The van der Waals surface area contributed by atoms with Gasteiger partial charge >= 0.3 is 0 Å². The molecule has 1 aromatic heterocycles. The number of nitrogens with zero attached hydrogens (tertiary/aromatic N) is 1. The molecule has 0 aliphatic heterocycles. The first-order valence-electron chi connectivity index (χ1n) is 5.77. The molecule has 2 unspecified atom stereocenters. The fourth-order valence-corrected chi connectivity index (χ4v) is 3.13. The number of pyridine rings is 1. The van der Waals surface area contributed by atoms with E-state index in [4.69, 9.17) is 11.6 Å². The summed E-state index contributed by atoms with van der Waals surface area (Å²) in [5.74, 6) is 1.53. The minimum absolute atomic E-state index is 0.0970. The van der Waals surface area contributed by atoms with Crippen molar-refractivity contribution in [3.8, 4) is 0 Å². The van der Waals surface area contributed by atoms with Crippen LogP contribution in [-0.2, 0) is 10.0 Å². The van der Waals surface area contributed by atoms with Crippen LogP contribution in [0.4, 0.5) is 5.82 Å². The highest BCUT2D eigenvalue weighted by Gasteiger charge is 2.33. The van der Waals surface area contributed by atoms with Crippen molar-refractivity contribution in [1.29, 1.82) is 0 Å². The predicted octanol–water partition coefficient (Wildman–Crippen LogP) is 1.71. The molecule has 0 radical (unpaired) electrons.